The van der Waals surface area contributed by atoms with E-state index in [2.05, 4.69) is 28.8 Å². The van der Waals surface area contributed by atoms with E-state index in [4.69, 9.17) is 0 Å². The number of hydrogen-bond acceptors (Lipinski definition) is 4. The van der Waals surface area contributed by atoms with Crippen molar-refractivity contribution < 1.29 is 8.42 Å². The number of benzene rings is 1. The van der Waals surface area contributed by atoms with Gasteiger partial charge in [0.25, 0.3) is 0 Å². The fraction of sp³-hybridized carbons (Fsp3) is 0.600. The first-order valence-corrected chi connectivity index (χ1v) is 8.63. The maximum absolute atomic E-state index is 12.2. The van der Waals surface area contributed by atoms with E-state index in [1.807, 2.05) is 20.2 Å². The second-order valence-corrected chi connectivity index (χ2v) is 7.99. The van der Waals surface area contributed by atoms with Crippen LogP contribution in [0, 0.1) is 5.41 Å². The van der Waals surface area contributed by atoms with Crippen LogP contribution in [0.15, 0.2) is 29.2 Å². The summed E-state index contributed by atoms with van der Waals surface area (Å²) in [7, 11) is 0.611. The Hall–Kier alpha value is -1.11. The largest absolute Gasteiger partial charge is 0.383 e. The lowest BCUT2D eigenvalue weighted by Gasteiger charge is -2.29. The number of sulfonamides is 1. The van der Waals surface area contributed by atoms with Gasteiger partial charge in [-0.2, -0.15) is 0 Å². The van der Waals surface area contributed by atoms with Gasteiger partial charge in [0.2, 0.25) is 10.0 Å². The minimum atomic E-state index is -3.45. The summed E-state index contributed by atoms with van der Waals surface area (Å²) in [6, 6.07) is 7.00. The first-order chi connectivity index (χ1) is 9.68. The molecule has 0 aliphatic heterocycles. The Morgan fingerprint density at radius 1 is 1.19 bits per heavy atom. The summed E-state index contributed by atoms with van der Waals surface area (Å²) in [5, 5.41) is 3.28. The van der Waals surface area contributed by atoms with E-state index in [-0.39, 0.29) is 5.41 Å². The molecular weight excluding hydrogens is 286 g/mol. The van der Waals surface area contributed by atoms with Crippen LogP contribution in [0.1, 0.15) is 20.8 Å². The molecule has 2 N–H and O–H groups in total. The van der Waals surface area contributed by atoms with Crippen LogP contribution in [0.5, 0.6) is 0 Å². The van der Waals surface area contributed by atoms with Crippen LogP contribution < -0.4 is 10.0 Å². The van der Waals surface area contributed by atoms with Crippen LogP contribution in [0.25, 0.3) is 0 Å². The summed E-state index contributed by atoms with van der Waals surface area (Å²) >= 11 is 0. The fourth-order valence-corrected chi connectivity index (χ4v) is 3.58. The van der Waals surface area contributed by atoms with Crippen molar-refractivity contribution in [3.8, 4) is 0 Å². The summed E-state index contributed by atoms with van der Waals surface area (Å²) in [5.74, 6) is 0. The molecular formula is C15H27N3O2S. The van der Waals surface area contributed by atoms with Crippen molar-refractivity contribution in [1.29, 1.82) is 0 Å². The average Bonchev–Trinajstić information content (AvgIpc) is 2.35. The minimum Gasteiger partial charge on any atom is -0.383 e. The zero-order chi connectivity index (χ0) is 16.1. The maximum Gasteiger partial charge on any atom is 0.242 e. The van der Waals surface area contributed by atoms with Crippen LogP contribution in [0.4, 0.5) is 5.69 Å². The predicted molar refractivity (Wildman–Crippen MR) is 88.1 cm³/mol. The first-order valence-electron chi connectivity index (χ1n) is 7.15. The lowest BCUT2D eigenvalue weighted by Crippen LogP contribution is -2.34. The number of nitrogens with one attached hydrogen (secondary N) is 2. The quantitative estimate of drug-likeness (QED) is 0.770. The molecule has 0 aromatic heterocycles. The van der Waals surface area contributed by atoms with E-state index in [0.717, 1.165) is 6.54 Å². The Bertz CT molecular complexity index is 554. The zero-order valence-electron chi connectivity index (χ0n) is 13.6. The van der Waals surface area contributed by atoms with Gasteiger partial charge in [-0.3, -0.25) is 0 Å². The van der Waals surface area contributed by atoms with E-state index >= 15 is 0 Å². The predicted octanol–water partition coefficient (Wildman–Crippen LogP) is 1.98. The Morgan fingerprint density at radius 3 is 2.38 bits per heavy atom. The third-order valence-corrected chi connectivity index (χ3v) is 4.62. The zero-order valence-corrected chi connectivity index (χ0v) is 14.4. The molecule has 0 atom stereocenters. The van der Waals surface area contributed by atoms with Gasteiger partial charge in [-0.1, -0.05) is 32.9 Å². The van der Waals surface area contributed by atoms with Crippen molar-refractivity contribution in [3.63, 3.8) is 0 Å². The molecule has 5 nitrogen and oxygen atoms in total. The lowest BCUT2D eigenvalue weighted by molar-refractivity contribution is 0.254. The molecule has 0 aliphatic rings. The molecule has 21 heavy (non-hydrogen) atoms. The van der Waals surface area contributed by atoms with Gasteiger partial charge >= 0.3 is 0 Å². The van der Waals surface area contributed by atoms with Gasteiger partial charge in [-0.05, 0) is 31.6 Å². The summed E-state index contributed by atoms with van der Waals surface area (Å²) in [6.45, 7) is 8.07. The highest BCUT2D eigenvalue weighted by Gasteiger charge is 2.21. The van der Waals surface area contributed by atoms with E-state index in [1.54, 1.807) is 25.1 Å². The lowest BCUT2D eigenvalue weighted by atomic mass is 9.93. The Morgan fingerprint density at radius 2 is 1.81 bits per heavy atom. The molecule has 1 rings (SSSR count). The number of para-hydroxylation sites is 1. The van der Waals surface area contributed by atoms with E-state index in [1.165, 1.54) is 0 Å². The Labute approximate surface area is 128 Å². The van der Waals surface area contributed by atoms with E-state index < -0.39 is 10.0 Å². The van der Waals surface area contributed by atoms with E-state index in [9.17, 15) is 8.42 Å². The van der Waals surface area contributed by atoms with Gasteiger partial charge in [-0.15, -0.1) is 0 Å². The molecule has 0 saturated carbocycles. The van der Waals surface area contributed by atoms with Crippen molar-refractivity contribution in [2.45, 2.75) is 25.7 Å². The van der Waals surface area contributed by atoms with Crippen molar-refractivity contribution in [2.75, 3.05) is 39.0 Å². The highest BCUT2D eigenvalue weighted by Crippen LogP contribution is 2.23. The van der Waals surface area contributed by atoms with Crippen molar-refractivity contribution in [3.05, 3.63) is 24.3 Å². The van der Waals surface area contributed by atoms with Gasteiger partial charge in [0, 0.05) is 19.6 Å². The summed E-state index contributed by atoms with van der Waals surface area (Å²) in [5.41, 5.74) is 0.684. The molecule has 1 aromatic rings. The first kappa shape index (κ1) is 17.9. The molecule has 0 fully saturated rings. The maximum atomic E-state index is 12.2. The van der Waals surface area contributed by atoms with Gasteiger partial charge in [0.15, 0.2) is 0 Å². The molecule has 1 aromatic carbocycles. The molecule has 0 heterocycles. The fourth-order valence-electron chi connectivity index (χ4n) is 2.36. The van der Waals surface area contributed by atoms with Crippen molar-refractivity contribution in [2.24, 2.45) is 5.41 Å². The standard InChI is InChI=1S/C15H27N3O2S/c1-6-17-21(19,20)14-10-8-7-9-13(14)16-11-15(2,3)12-18(4)5/h7-10,16-17H,6,11-12H2,1-5H3. The van der Waals surface area contributed by atoms with Crippen LogP contribution in [-0.4, -0.2) is 47.0 Å². The number of rotatable bonds is 8. The topological polar surface area (TPSA) is 61.4 Å². The van der Waals surface area contributed by atoms with Crippen LogP contribution in [0.2, 0.25) is 0 Å². The van der Waals surface area contributed by atoms with Crippen LogP contribution in [0.3, 0.4) is 0 Å². The number of nitrogens with zero attached hydrogens (tertiary/aromatic N) is 1. The molecule has 6 heteroatoms. The van der Waals surface area contributed by atoms with Crippen molar-refractivity contribution in [1.82, 2.24) is 9.62 Å². The summed E-state index contributed by atoms with van der Waals surface area (Å²) in [4.78, 5) is 2.43. The molecule has 120 valence electrons. The number of anilines is 1. The smallest absolute Gasteiger partial charge is 0.242 e. The molecule has 0 saturated heterocycles. The molecule has 0 unspecified atom stereocenters. The third-order valence-electron chi connectivity index (χ3n) is 3.01. The third kappa shape index (κ3) is 5.65. The molecule has 0 amide bonds. The van der Waals surface area contributed by atoms with Gasteiger partial charge in [-0.25, -0.2) is 13.1 Å². The minimum absolute atomic E-state index is 0.0402. The van der Waals surface area contributed by atoms with Gasteiger partial charge < -0.3 is 10.2 Å². The SMILES string of the molecule is CCNS(=O)(=O)c1ccccc1NCC(C)(C)CN(C)C. The highest BCUT2D eigenvalue weighted by atomic mass is 32.2. The van der Waals surface area contributed by atoms with E-state index in [0.29, 0.717) is 23.7 Å². The second-order valence-electron chi connectivity index (χ2n) is 6.25. The molecule has 0 radical (unpaired) electrons. The highest BCUT2D eigenvalue weighted by molar-refractivity contribution is 7.89. The van der Waals surface area contributed by atoms with Gasteiger partial charge in [0.05, 0.1) is 5.69 Å². The number of hydrogen-bond donors (Lipinski definition) is 2. The molecule has 0 spiro atoms. The van der Waals surface area contributed by atoms with Crippen LogP contribution in [-0.2, 0) is 10.0 Å². The summed E-state index contributed by atoms with van der Waals surface area (Å²) in [6.07, 6.45) is 0. The normalized spacial score (nSPS) is 12.7. The molecule has 0 aliphatic carbocycles. The Balaban J connectivity index is 2.91. The Kier molecular flexibility index (Phi) is 6.19. The molecule has 0 bridgehead atoms. The average molecular weight is 313 g/mol. The monoisotopic (exact) mass is 313 g/mol. The second kappa shape index (κ2) is 7.24. The summed E-state index contributed by atoms with van der Waals surface area (Å²) < 4.78 is 26.9. The van der Waals surface area contributed by atoms with Crippen LogP contribution >= 0.6 is 0 Å². The van der Waals surface area contributed by atoms with Gasteiger partial charge in [0.1, 0.15) is 4.90 Å². The van der Waals surface area contributed by atoms with Crippen molar-refractivity contribution >= 4 is 15.7 Å².